The minimum atomic E-state index is -3.72. The van der Waals surface area contributed by atoms with Crippen LogP contribution in [0.4, 0.5) is 5.69 Å². The SMILES string of the molecule is O=C(CN1c2cccc3cccc(c23)S1(=O)=O)NCc1cccnc1. The summed E-state index contributed by atoms with van der Waals surface area (Å²) in [6.45, 7) is 0.0497. The molecule has 0 spiro atoms. The lowest BCUT2D eigenvalue weighted by atomic mass is 10.1. The second kappa shape index (κ2) is 5.86. The van der Waals surface area contributed by atoms with Crippen molar-refractivity contribution < 1.29 is 13.2 Å². The molecule has 0 saturated heterocycles. The number of pyridine rings is 1. The lowest BCUT2D eigenvalue weighted by molar-refractivity contribution is -0.119. The Bertz CT molecular complexity index is 1060. The van der Waals surface area contributed by atoms with E-state index in [1.54, 1.807) is 42.7 Å². The number of amides is 1. The van der Waals surface area contributed by atoms with Crippen molar-refractivity contribution in [3.05, 3.63) is 66.5 Å². The summed E-state index contributed by atoms with van der Waals surface area (Å²) in [4.78, 5) is 16.5. The zero-order valence-electron chi connectivity index (χ0n) is 13.2. The van der Waals surface area contributed by atoms with Gasteiger partial charge < -0.3 is 5.32 Å². The molecule has 1 aliphatic heterocycles. The Morgan fingerprint density at radius 2 is 1.88 bits per heavy atom. The maximum Gasteiger partial charge on any atom is 0.265 e. The molecule has 4 rings (SSSR count). The van der Waals surface area contributed by atoms with Crippen molar-refractivity contribution in [1.29, 1.82) is 0 Å². The fourth-order valence-corrected chi connectivity index (χ4v) is 4.68. The average molecular weight is 353 g/mol. The number of nitrogens with zero attached hydrogens (tertiary/aromatic N) is 2. The fraction of sp³-hybridized carbons (Fsp3) is 0.111. The van der Waals surface area contributed by atoms with Crippen molar-refractivity contribution >= 4 is 32.4 Å². The summed E-state index contributed by atoms with van der Waals surface area (Å²) in [7, 11) is -3.72. The second-order valence-corrected chi connectivity index (χ2v) is 7.61. The van der Waals surface area contributed by atoms with E-state index in [9.17, 15) is 13.2 Å². The van der Waals surface area contributed by atoms with Crippen molar-refractivity contribution in [3.8, 4) is 0 Å². The number of hydrogen-bond acceptors (Lipinski definition) is 4. The minimum absolute atomic E-state index is 0.251. The standard InChI is InChI=1S/C18H15N3O3S/c22-17(20-11-13-4-3-9-19-10-13)12-21-15-7-1-5-14-6-2-8-16(18(14)15)25(21,23)24/h1-10H,11-12H2,(H,20,22). The molecule has 25 heavy (non-hydrogen) atoms. The monoisotopic (exact) mass is 353 g/mol. The van der Waals surface area contributed by atoms with Gasteiger partial charge in [0, 0.05) is 24.3 Å². The predicted molar refractivity (Wildman–Crippen MR) is 94.6 cm³/mol. The molecule has 2 aromatic carbocycles. The van der Waals surface area contributed by atoms with E-state index in [4.69, 9.17) is 0 Å². The van der Waals surface area contributed by atoms with E-state index in [1.807, 2.05) is 18.2 Å². The maximum atomic E-state index is 12.8. The largest absolute Gasteiger partial charge is 0.350 e. The van der Waals surface area contributed by atoms with Gasteiger partial charge in [0.15, 0.2) is 0 Å². The van der Waals surface area contributed by atoms with Gasteiger partial charge in [-0.1, -0.05) is 30.3 Å². The first-order valence-corrected chi connectivity index (χ1v) is 9.21. The quantitative estimate of drug-likeness (QED) is 0.779. The molecule has 0 aliphatic carbocycles. The van der Waals surface area contributed by atoms with Crippen LogP contribution in [0.2, 0.25) is 0 Å². The van der Waals surface area contributed by atoms with Crippen LogP contribution in [0, 0.1) is 0 Å². The van der Waals surface area contributed by atoms with Crippen molar-refractivity contribution in [2.45, 2.75) is 11.4 Å². The van der Waals surface area contributed by atoms with Gasteiger partial charge in [-0.25, -0.2) is 8.42 Å². The highest BCUT2D eigenvalue weighted by Crippen LogP contribution is 2.41. The third-order valence-corrected chi connectivity index (χ3v) is 5.98. The summed E-state index contributed by atoms with van der Waals surface area (Å²) in [6.07, 6.45) is 3.31. The molecular formula is C18H15N3O3S. The fourth-order valence-electron chi connectivity index (χ4n) is 3.02. The Morgan fingerprint density at radius 1 is 1.08 bits per heavy atom. The van der Waals surface area contributed by atoms with Gasteiger partial charge >= 0.3 is 0 Å². The molecule has 0 radical (unpaired) electrons. The number of benzene rings is 2. The molecule has 0 atom stereocenters. The molecule has 0 unspecified atom stereocenters. The smallest absolute Gasteiger partial charge is 0.265 e. The first-order chi connectivity index (χ1) is 12.1. The lowest BCUT2D eigenvalue weighted by Crippen LogP contribution is -2.38. The van der Waals surface area contributed by atoms with Crippen LogP contribution >= 0.6 is 0 Å². The van der Waals surface area contributed by atoms with Crippen molar-refractivity contribution in [1.82, 2.24) is 10.3 Å². The second-order valence-electron chi connectivity index (χ2n) is 5.78. The van der Waals surface area contributed by atoms with E-state index >= 15 is 0 Å². The van der Waals surface area contributed by atoms with Gasteiger partial charge in [0.05, 0.1) is 10.6 Å². The summed E-state index contributed by atoms with van der Waals surface area (Å²) in [5.74, 6) is -0.364. The minimum Gasteiger partial charge on any atom is -0.350 e. The number of carbonyl (C=O) groups is 1. The van der Waals surface area contributed by atoms with Crippen LogP contribution in [0.5, 0.6) is 0 Å². The van der Waals surface area contributed by atoms with Gasteiger partial charge in [0.25, 0.3) is 10.0 Å². The van der Waals surface area contributed by atoms with E-state index in [1.165, 1.54) is 4.31 Å². The van der Waals surface area contributed by atoms with Crippen molar-refractivity contribution in [3.63, 3.8) is 0 Å². The molecule has 6 nitrogen and oxygen atoms in total. The predicted octanol–water partition coefficient (Wildman–Crippen LogP) is 2.06. The Hall–Kier alpha value is -2.93. The highest BCUT2D eigenvalue weighted by Gasteiger charge is 2.36. The Labute approximate surface area is 145 Å². The van der Waals surface area contributed by atoms with Gasteiger partial charge in [-0.3, -0.25) is 14.1 Å². The van der Waals surface area contributed by atoms with Crippen LogP contribution in [0.3, 0.4) is 0 Å². The van der Waals surface area contributed by atoms with Crippen molar-refractivity contribution in [2.75, 3.05) is 10.8 Å². The zero-order valence-corrected chi connectivity index (χ0v) is 14.0. The summed E-state index contributed by atoms with van der Waals surface area (Å²) < 4.78 is 26.8. The van der Waals surface area contributed by atoms with Gasteiger partial charge in [-0.15, -0.1) is 0 Å². The van der Waals surface area contributed by atoms with E-state index in [-0.39, 0.29) is 17.3 Å². The van der Waals surface area contributed by atoms with Gasteiger partial charge in [0.2, 0.25) is 5.91 Å². The van der Waals surface area contributed by atoms with E-state index in [2.05, 4.69) is 10.3 Å². The van der Waals surface area contributed by atoms with Crippen LogP contribution < -0.4 is 9.62 Å². The van der Waals surface area contributed by atoms with Crippen LogP contribution in [0.15, 0.2) is 65.8 Å². The normalized spacial score (nSPS) is 14.6. The Balaban J connectivity index is 1.59. The highest BCUT2D eigenvalue weighted by atomic mass is 32.2. The van der Waals surface area contributed by atoms with Gasteiger partial charge in [0.1, 0.15) is 6.54 Å². The summed E-state index contributed by atoms with van der Waals surface area (Å²) >= 11 is 0. The number of anilines is 1. The van der Waals surface area contributed by atoms with Gasteiger partial charge in [-0.05, 0) is 29.1 Å². The van der Waals surface area contributed by atoms with E-state index in [0.29, 0.717) is 17.6 Å². The van der Waals surface area contributed by atoms with Crippen LogP contribution in [0.25, 0.3) is 10.8 Å². The van der Waals surface area contributed by atoms with Crippen LogP contribution in [0.1, 0.15) is 5.56 Å². The third-order valence-electron chi connectivity index (χ3n) is 4.18. The Kier molecular flexibility index (Phi) is 3.65. The molecule has 2 heterocycles. The number of rotatable bonds is 4. The molecule has 0 fully saturated rings. The highest BCUT2D eigenvalue weighted by molar-refractivity contribution is 7.93. The number of carbonyl (C=O) groups excluding carboxylic acids is 1. The van der Waals surface area contributed by atoms with Crippen LogP contribution in [-0.4, -0.2) is 25.9 Å². The molecule has 0 bridgehead atoms. The third kappa shape index (κ3) is 2.62. The summed E-state index contributed by atoms with van der Waals surface area (Å²) in [5.41, 5.74) is 1.40. The molecule has 1 N–H and O–H groups in total. The number of hydrogen-bond donors (Lipinski definition) is 1. The van der Waals surface area contributed by atoms with Crippen molar-refractivity contribution in [2.24, 2.45) is 0 Å². The van der Waals surface area contributed by atoms with Crippen LogP contribution in [-0.2, 0) is 21.4 Å². The molecule has 1 aromatic heterocycles. The zero-order chi connectivity index (χ0) is 17.4. The first kappa shape index (κ1) is 15.6. The lowest BCUT2D eigenvalue weighted by Gasteiger charge is -2.18. The molecule has 1 aliphatic rings. The average Bonchev–Trinajstić information content (AvgIpc) is 2.84. The van der Waals surface area contributed by atoms with Gasteiger partial charge in [-0.2, -0.15) is 0 Å². The topological polar surface area (TPSA) is 79.4 Å². The number of aromatic nitrogens is 1. The molecule has 7 heteroatoms. The Morgan fingerprint density at radius 3 is 2.64 bits per heavy atom. The maximum absolute atomic E-state index is 12.8. The molecule has 0 saturated carbocycles. The van der Waals surface area contributed by atoms with E-state index < -0.39 is 10.0 Å². The molecule has 1 amide bonds. The number of nitrogens with one attached hydrogen (secondary N) is 1. The molecule has 126 valence electrons. The molecular weight excluding hydrogens is 338 g/mol. The number of sulfonamides is 1. The van der Waals surface area contributed by atoms with E-state index in [0.717, 1.165) is 10.9 Å². The summed E-state index contributed by atoms with van der Waals surface area (Å²) in [6, 6.07) is 14.2. The molecule has 3 aromatic rings. The summed E-state index contributed by atoms with van der Waals surface area (Å²) in [5, 5.41) is 4.25. The first-order valence-electron chi connectivity index (χ1n) is 7.77.